The van der Waals surface area contributed by atoms with Gasteiger partial charge in [0.25, 0.3) is 0 Å². The monoisotopic (exact) mass is 396 g/mol. The number of pyridine rings is 3. The third-order valence-electron chi connectivity index (χ3n) is 4.33. The molecule has 1 fully saturated rings. The molecule has 1 unspecified atom stereocenters. The summed E-state index contributed by atoms with van der Waals surface area (Å²) in [4.78, 5) is 26.9. The van der Waals surface area contributed by atoms with Crippen LogP contribution in [-0.4, -0.2) is 39.0 Å². The van der Waals surface area contributed by atoms with E-state index in [1.165, 1.54) is 6.20 Å². The van der Waals surface area contributed by atoms with Gasteiger partial charge in [-0.15, -0.1) is 0 Å². The number of hydrogen-bond donors (Lipinski definition) is 0. The SMILES string of the molecule is O=C1COCC(c2cnccc2Oc2cncc(Cl)c2)N1Cc1ccccn1. The smallest absolute Gasteiger partial charge is 0.249 e. The fourth-order valence-corrected chi connectivity index (χ4v) is 3.20. The highest BCUT2D eigenvalue weighted by atomic mass is 35.5. The third-order valence-corrected chi connectivity index (χ3v) is 4.54. The van der Waals surface area contributed by atoms with Gasteiger partial charge >= 0.3 is 0 Å². The second kappa shape index (κ2) is 8.33. The predicted molar refractivity (Wildman–Crippen MR) is 102 cm³/mol. The molecule has 1 aliphatic heterocycles. The minimum atomic E-state index is -0.348. The number of carbonyl (C=O) groups excluding carboxylic acids is 1. The van der Waals surface area contributed by atoms with Crippen molar-refractivity contribution in [2.45, 2.75) is 12.6 Å². The van der Waals surface area contributed by atoms with Crippen LogP contribution in [-0.2, 0) is 16.1 Å². The Kier molecular flexibility index (Phi) is 5.45. The number of halogens is 1. The van der Waals surface area contributed by atoms with Gasteiger partial charge in [-0.25, -0.2) is 0 Å². The van der Waals surface area contributed by atoms with Gasteiger partial charge in [0.2, 0.25) is 5.91 Å². The topological polar surface area (TPSA) is 77.4 Å². The summed E-state index contributed by atoms with van der Waals surface area (Å²) in [6.45, 7) is 0.757. The normalized spacial score (nSPS) is 16.8. The highest BCUT2D eigenvalue weighted by molar-refractivity contribution is 6.30. The molecule has 7 nitrogen and oxygen atoms in total. The first-order valence-corrected chi connectivity index (χ1v) is 9.08. The zero-order valence-corrected chi connectivity index (χ0v) is 15.6. The Morgan fingerprint density at radius 3 is 2.93 bits per heavy atom. The van der Waals surface area contributed by atoms with Crippen LogP contribution in [0.1, 0.15) is 17.3 Å². The molecule has 28 heavy (non-hydrogen) atoms. The molecule has 1 aliphatic rings. The second-order valence-corrected chi connectivity index (χ2v) is 6.66. The molecule has 0 spiro atoms. The number of morpholine rings is 1. The van der Waals surface area contributed by atoms with Crippen LogP contribution in [0.2, 0.25) is 5.02 Å². The summed E-state index contributed by atoms with van der Waals surface area (Å²) in [5.41, 5.74) is 1.54. The summed E-state index contributed by atoms with van der Waals surface area (Å²) in [7, 11) is 0. The molecule has 1 saturated heterocycles. The van der Waals surface area contributed by atoms with Crippen LogP contribution >= 0.6 is 11.6 Å². The van der Waals surface area contributed by atoms with Crippen molar-refractivity contribution < 1.29 is 14.3 Å². The molecular formula is C20H17ClN4O3. The van der Waals surface area contributed by atoms with E-state index in [0.29, 0.717) is 29.7 Å². The molecule has 1 atom stereocenters. The maximum absolute atomic E-state index is 12.6. The Bertz CT molecular complexity index is 970. The molecule has 0 radical (unpaired) electrons. The zero-order chi connectivity index (χ0) is 19.3. The molecule has 0 saturated carbocycles. The molecule has 8 heteroatoms. The van der Waals surface area contributed by atoms with E-state index < -0.39 is 0 Å². The first-order chi connectivity index (χ1) is 13.7. The van der Waals surface area contributed by atoms with Crippen molar-refractivity contribution in [2.75, 3.05) is 13.2 Å². The Morgan fingerprint density at radius 2 is 2.11 bits per heavy atom. The standard InChI is InChI=1S/C20H17ClN4O3/c21-14-7-16(9-23-8-14)28-19-4-6-22-10-17(19)18-12-27-13-20(26)25(18)11-15-3-1-2-5-24-15/h1-10,18H,11-13H2. The Hall–Kier alpha value is -3.03. The minimum absolute atomic E-state index is 0.0397. The highest BCUT2D eigenvalue weighted by Gasteiger charge is 2.32. The van der Waals surface area contributed by atoms with Crippen molar-refractivity contribution in [1.82, 2.24) is 19.9 Å². The van der Waals surface area contributed by atoms with E-state index in [0.717, 1.165) is 11.3 Å². The average Bonchev–Trinajstić information content (AvgIpc) is 2.71. The Morgan fingerprint density at radius 1 is 1.18 bits per heavy atom. The van der Waals surface area contributed by atoms with Gasteiger partial charge in [0.05, 0.1) is 36.1 Å². The molecule has 3 aromatic heterocycles. The lowest BCUT2D eigenvalue weighted by molar-refractivity contribution is -0.149. The van der Waals surface area contributed by atoms with Gasteiger partial charge in [0.1, 0.15) is 18.1 Å². The fraction of sp³-hybridized carbons (Fsp3) is 0.200. The second-order valence-electron chi connectivity index (χ2n) is 6.23. The third kappa shape index (κ3) is 4.11. The molecule has 0 aromatic carbocycles. The van der Waals surface area contributed by atoms with Gasteiger partial charge in [0.15, 0.2) is 0 Å². The molecule has 1 amide bonds. The van der Waals surface area contributed by atoms with E-state index in [2.05, 4.69) is 15.0 Å². The number of nitrogens with zero attached hydrogens (tertiary/aromatic N) is 4. The highest BCUT2D eigenvalue weighted by Crippen LogP contribution is 2.34. The first-order valence-electron chi connectivity index (χ1n) is 8.70. The average molecular weight is 397 g/mol. The van der Waals surface area contributed by atoms with Crippen LogP contribution in [0.15, 0.2) is 61.3 Å². The van der Waals surface area contributed by atoms with E-state index >= 15 is 0 Å². The maximum atomic E-state index is 12.6. The van der Waals surface area contributed by atoms with Crippen molar-refractivity contribution >= 4 is 17.5 Å². The van der Waals surface area contributed by atoms with Crippen molar-refractivity contribution in [2.24, 2.45) is 0 Å². The van der Waals surface area contributed by atoms with E-state index in [4.69, 9.17) is 21.1 Å². The van der Waals surface area contributed by atoms with Crippen LogP contribution in [0.25, 0.3) is 0 Å². The largest absolute Gasteiger partial charge is 0.455 e. The number of carbonyl (C=O) groups is 1. The molecule has 4 heterocycles. The van der Waals surface area contributed by atoms with Crippen LogP contribution < -0.4 is 4.74 Å². The van der Waals surface area contributed by atoms with Gasteiger partial charge in [-0.2, -0.15) is 0 Å². The predicted octanol–water partition coefficient (Wildman–Crippen LogP) is 3.42. The maximum Gasteiger partial charge on any atom is 0.249 e. The van der Waals surface area contributed by atoms with Crippen molar-refractivity contribution in [3.63, 3.8) is 0 Å². The van der Waals surface area contributed by atoms with E-state index in [1.54, 1.807) is 41.8 Å². The van der Waals surface area contributed by atoms with Gasteiger partial charge in [0, 0.05) is 36.4 Å². The zero-order valence-electron chi connectivity index (χ0n) is 14.9. The fourth-order valence-electron chi connectivity index (χ4n) is 3.04. The molecule has 0 bridgehead atoms. The number of aromatic nitrogens is 3. The van der Waals surface area contributed by atoms with Crippen molar-refractivity contribution in [3.8, 4) is 11.5 Å². The van der Waals surface area contributed by atoms with Gasteiger partial charge < -0.3 is 14.4 Å². The lowest BCUT2D eigenvalue weighted by Gasteiger charge is -2.36. The number of hydrogen-bond acceptors (Lipinski definition) is 6. The van der Waals surface area contributed by atoms with E-state index in [-0.39, 0.29) is 18.6 Å². The van der Waals surface area contributed by atoms with Crippen molar-refractivity contribution in [1.29, 1.82) is 0 Å². The summed E-state index contributed by atoms with van der Waals surface area (Å²) in [6.07, 6.45) is 8.13. The Labute approximate surface area is 166 Å². The summed E-state index contributed by atoms with van der Waals surface area (Å²) >= 11 is 6.00. The lowest BCUT2D eigenvalue weighted by atomic mass is 10.1. The molecule has 4 rings (SSSR count). The first kappa shape index (κ1) is 18.3. The molecule has 0 N–H and O–H groups in total. The van der Waals surface area contributed by atoms with E-state index in [9.17, 15) is 4.79 Å². The summed E-state index contributed by atoms with van der Waals surface area (Å²) in [5.74, 6) is 0.953. The number of ether oxygens (including phenoxy) is 2. The number of rotatable bonds is 5. The molecule has 0 aliphatic carbocycles. The Balaban J connectivity index is 1.65. The quantitative estimate of drug-likeness (QED) is 0.657. The van der Waals surface area contributed by atoms with Gasteiger partial charge in [-0.3, -0.25) is 19.7 Å². The van der Waals surface area contributed by atoms with Gasteiger partial charge in [-0.05, 0) is 18.2 Å². The molecule has 3 aromatic rings. The number of amides is 1. The minimum Gasteiger partial charge on any atom is -0.455 e. The van der Waals surface area contributed by atoms with Crippen LogP contribution in [0.5, 0.6) is 11.5 Å². The molecular weight excluding hydrogens is 380 g/mol. The summed E-state index contributed by atoms with van der Waals surface area (Å²) in [5, 5.41) is 0.473. The lowest BCUT2D eigenvalue weighted by Crippen LogP contribution is -2.43. The summed E-state index contributed by atoms with van der Waals surface area (Å²) in [6, 6.07) is 8.69. The molecule has 142 valence electrons. The van der Waals surface area contributed by atoms with Crippen molar-refractivity contribution in [3.05, 3.63) is 77.6 Å². The van der Waals surface area contributed by atoms with Crippen LogP contribution in [0, 0.1) is 0 Å². The van der Waals surface area contributed by atoms with E-state index in [1.807, 2.05) is 18.2 Å². The van der Waals surface area contributed by atoms with Crippen LogP contribution in [0.3, 0.4) is 0 Å². The van der Waals surface area contributed by atoms with Crippen LogP contribution in [0.4, 0.5) is 0 Å². The van der Waals surface area contributed by atoms with Gasteiger partial charge in [-0.1, -0.05) is 17.7 Å². The summed E-state index contributed by atoms with van der Waals surface area (Å²) < 4.78 is 11.5.